The van der Waals surface area contributed by atoms with E-state index in [0.717, 1.165) is 6.54 Å². The molecule has 2 N–H and O–H groups in total. The zero-order valence-corrected chi connectivity index (χ0v) is 12.9. The Labute approximate surface area is 125 Å². The van der Waals surface area contributed by atoms with E-state index in [1.165, 1.54) is 12.8 Å². The van der Waals surface area contributed by atoms with Gasteiger partial charge >= 0.3 is 0 Å². The first-order chi connectivity index (χ1) is 9.91. The van der Waals surface area contributed by atoms with E-state index < -0.39 is 5.60 Å². The average molecular weight is 298 g/mol. The van der Waals surface area contributed by atoms with Crippen LogP contribution < -0.4 is 5.32 Å². The van der Waals surface area contributed by atoms with Gasteiger partial charge in [0.05, 0.1) is 11.5 Å². The predicted molar refractivity (Wildman–Crippen MR) is 77.5 cm³/mol. The number of rotatable bonds is 8. The quantitative estimate of drug-likeness (QED) is 0.668. The second-order valence-electron chi connectivity index (χ2n) is 6.60. The summed E-state index contributed by atoms with van der Waals surface area (Å²) in [5.74, 6) is 0.299. The standard InChI is InChI=1S/C15H26N2O4/c1-15(20,5-6-21-2)10-16-14(19)12-7-13(18)17(9-12)8-11-3-4-11/h11-12,20H,3-10H2,1-2H3,(H,16,19). The van der Waals surface area contributed by atoms with Crippen LogP contribution in [0.1, 0.15) is 32.6 Å². The molecular formula is C15H26N2O4. The second kappa shape index (κ2) is 6.75. The molecule has 2 atom stereocenters. The zero-order chi connectivity index (χ0) is 15.5. The van der Waals surface area contributed by atoms with Gasteiger partial charge in [-0.1, -0.05) is 0 Å². The molecule has 0 radical (unpaired) electrons. The van der Waals surface area contributed by atoms with E-state index in [1.807, 2.05) is 4.90 Å². The Kier molecular flexibility index (Phi) is 5.22. The molecule has 6 nitrogen and oxygen atoms in total. The first kappa shape index (κ1) is 16.2. The molecule has 0 aromatic rings. The highest BCUT2D eigenvalue weighted by Gasteiger charge is 2.37. The van der Waals surface area contributed by atoms with Crippen LogP contribution in [-0.2, 0) is 14.3 Å². The highest BCUT2D eigenvalue weighted by Crippen LogP contribution is 2.32. The minimum absolute atomic E-state index is 0.0770. The van der Waals surface area contributed by atoms with Gasteiger partial charge in [-0.3, -0.25) is 9.59 Å². The van der Waals surface area contributed by atoms with E-state index in [0.29, 0.717) is 31.9 Å². The highest BCUT2D eigenvalue weighted by atomic mass is 16.5. The maximum absolute atomic E-state index is 12.1. The summed E-state index contributed by atoms with van der Waals surface area (Å²) in [4.78, 5) is 25.8. The molecule has 1 saturated carbocycles. The van der Waals surface area contributed by atoms with Crippen molar-refractivity contribution in [3.63, 3.8) is 0 Å². The predicted octanol–water partition coefficient (Wildman–Crippen LogP) is 0.149. The van der Waals surface area contributed by atoms with E-state index in [-0.39, 0.29) is 24.3 Å². The number of likely N-dealkylation sites (tertiary alicyclic amines) is 1. The van der Waals surface area contributed by atoms with Crippen molar-refractivity contribution in [1.82, 2.24) is 10.2 Å². The lowest BCUT2D eigenvalue weighted by Gasteiger charge is -2.24. The molecule has 1 aliphatic carbocycles. The SMILES string of the molecule is COCCC(C)(O)CNC(=O)C1CC(=O)N(CC2CC2)C1. The van der Waals surface area contributed by atoms with Gasteiger partial charge in [0, 0.05) is 46.2 Å². The molecule has 2 rings (SSSR count). The maximum Gasteiger partial charge on any atom is 0.225 e. The van der Waals surface area contributed by atoms with Gasteiger partial charge in [-0.2, -0.15) is 0 Å². The number of nitrogens with zero attached hydrogens (tertiary/aromatic N) is 1. The minimum atomic E-state index is -0.984. The van der Waals surface area contributed by atoms with E-state index in [4.69, 9.17) is 4.74 Å². The molecule has 21 heavy (non-hydrogen) atoms. The topological polar surface area (TPSA) is 78.9 Å². The number of hydrogen-bond acceptors (Lipinski definition) is 4. The van der Waals surface area contributed by atoms with Crippen LogP contribution >= 0.6 is 0 Å². The van der Waals surface area contributed by atoms with Crippen LogP contribution in [0.15, 0.2) is 0 Å². The summed E-state index contributed by atoms with van der Waals surface area (Å²) in [7, 11) is 1.58. The number of nitrogens with one attached hydrogen (secondary N) is 1. The number of carbonyl (C=O) groups is 2. The number of methoxy groups -OCH3 is 1. The van der Waals surface area contributed by atoms with Crippen LogP contribution in [0.4, 0.5) is 0 Å². The molecule has 2 aliphatic rings. The lowest BCUT2D eigenvalue weighted by Crippen LogP contribution is -2.44. The number of amides is 2. The van der Waals surface area contributed by atoms with Crippen molar-refractivity contribution in [2.45, 2.75) is 38.2 Å². The second-order valence-corrected chi connectivity index (χ2v) is 6.60. The van der Waals surface area contributed by atoms with E-state index >= 15 is 0 Å². The fourth-order valence-electron chi connectivity index (χ4n) is 2.57. The summed E-state index contributed by atoms with van der Waals surface area (Å²) in [5, 5.41) is 12.9. The van der Waals surface area contributed by atoms with Gasteiger partial charge in [0.25, 0.3) is 0 Å². The summed E-state index contributed by atoms with van der Waals surface area (Å²) in [5.41, 5.74) is -0.984. The number of aliphatic hydroxyl groups is 1. The Hall–Kier alpha value is -1.14. The summed E-state index contributed by atoms with van der Waals surface area (Å²) in [6.07, 6.45) is 3.14. The van der Waals surface area contributed by atoms with Gasteiger partial charge in [0.15, 0.2) is 0 Å². The maximum atomic E-state index is 12.1. The lowest BCUT2D eigenvalue weighted by molar-refractivity contribution is -0.129. The molecule has 6 heteroatoms. The summed E-state index contributed by atoms with van der Waals surface area (Å²) >= 11 is 0. The molecule has 1 heterocycles. The van der Waals surface area contributed by atoms with Crippen molar-refractivity contribution in [3.8, 4) is 0 Å². The summed E-state index contributed by atoms with van der Waals surface area (Å²) in [6.45, 7) is 3.61. The molecule has 0 spiro atoms. The molecule has 0 aromatic carbocycles. The lowest BCUT2D eigenvalue weighted by atomic mass is 10.0. The monoisotopic (exact) mass is 298 g/mol. The Balaban J connectivity index is 1.74. The Morgan fingerprint density at radius 3 is 2.86 bits per heavy atom. The van der Waals surface area contributed by atoms with Crippen LogP contribution in [0.5, 0.6) is 0 Å². The Morgan fingerprint density at radius 1 is 1.52 bits per heavy atom. The Bertz CT molecular complexity index is 393. The fraction of sp³-hybridized carbons (Fsp3) is 0.867. The van der Waals surface area contributed by atoms with Gasteiger partial charge < -0.3 is 20.1 Å². The van der Waals surface area contributed by atoms with Gasteiger partial charge in [0.1, 0.15) is 0 Å². The minimum Gasteiger partial charge on any atom is -0.388 e. The number of hydrogen-bond donors (Lipinski definition) is 2. The third kappa shape index (κ3) is 4.97. The van der Waals surface area contributed by atoms with Crippen molar-refractivity contribution in [2.24, 2.45) is 11.8 Å². The van der Waals surface area contributed by atoms with Crippen LogP contribution in [0, 0.1) is 11.8 Å². The van der Waals surface area contributed by atoms with Crippen molar-refractivity contribution in [1.29, 1.82) is 0 Å². The third-order valence-corrected chi connectivity index (χ3v) is 4.25. The van der Waals surface area contributed by atoms with Crippen molar-refractivity contribution < 1.29 is 19.4 Å². The van der Waals surface area contributed by atoms with Crippen LogP contribution in [-0.4, -0.2) is 60.8 Å². The Morgan fingerprint density at radius 2 is 2.24 bits per heavy atom. The van der Waals surface area contributed by atoms with Crippen molar-refractivity contribution in [3.05, 3.63) is 0 Å². The van der Waals surface area contributed by atoms with Crippen LogP contribution in [0.2, 0.25) is 0 Å². The average Bonchev–Trinajstić information content (AvgIpc) is 3.17. The van der Waals surface area contributed by atoms with E-state index in [1.54, 1.807) is 14.0 Å². The zero-order valence-electron chi connectivity index (χ0n) is 12.9. The fourth-order valence-corrected chi connectivity index (χ4v) is 2.57. The molecule has 1 saturated heterocycles. The van der Waals surface area contributed by atoms with Gasteiger partial charge in [-0.05, 0) is 25.7 Å². The van der Waals surface area contributed by atoms with E-state index in [9.17, 15) is 14.7 Å². The van der Waals surface area contributed by atoms with Crippen molar-refractivity contribution >= 4 is 11.8 Å². The molecule has 0 bridgehead atoms. The molecule has 0 aromatic heterocycles. The molecule has 2 fully saturated rings. The van der Waals surface area contributed by atoms with Crippen LogP contribution in [0.3, 0.4) is 0 Å². The van der Waals surface area contributed by atoms with Gasteiger partial charge in [-0.25, -0.2) is 0 Å². The first-order valence-corrected chi connectivity index (χ1v) is 7.68. The first-order valence-electron chi connectivity index (χ1n) is 7.68. The number of ether oxygens (including phenoxy) is 1. The summed E-state index contributed by atoms with van der Waals surface area (Å²) < 4.78 is 4.93. The normalized spacial score (nSPS) is 25.0. The molecule has 2 unspecified atom stereocenters. The third-order valence-electron chi connectivity index (χ3n) is 4.25. The highest BCUT2D eigenvalue weighted by molar-refractivity contribution is 5.89. The van der Waals surface area contributed by atoms with Crippen LogP contribution in [0.25, 0.3) is 0 Å². The molecule has 120 valence electrons. The van der Waals surface area contributed by atoms with Crippen molar-refractivity contribution in [2.75, 3.05) is 33.4 Å². The molecule has 2 amide bonds. The van der Waals surface area contributed by atoms with Gasteiger partial charge in [0.2, 0.25) is 11.8 Å². The summed E-state index contributed by atoms with van der Waals surface area (Å²) in [6, 6.07) is 0. The molecular weight excluding hydrogens is 272 g/mol. The number of carbonyl (C=O) groups excluding carboxylic acids is 2. The smallest absolute Gasteiger partial charge is 0.225 e. The van der Waals surface area contributed by atoms with E-state index in [2.05, 4.69) is 5.32 Å². The molecule has 1 aliphatic heterocycles. The largest absolute Gasteiger partial charge is 0.388 e. The van der Waals surface area contributed by atoms with Gasteiger partial charge in [-0.15, -0.1) is 0 Å².